The first-order valence-electron chi connectivity index (χ1n) is 6.41. The number of amides is 1. The Kier molecular flexibility index (Phi) is 5.49. The highest BCUT2D eigenvalue weighted by Crippen LogP contribution is 2.18. The van der Waals surface area contributed by atoms with Gasteiger partial charge in [-0.1, -0.05) is 0 Å². The fourth-order valence-electron chi connectivity index (χ4n) is 1.81. The molecule has 6 heteroatoms. The number of carbonyl (C=O) groups excluding carboxylic acids is 2. The minimum absolute atomic E-state index is 0.131. The SMILES string of the molecule is CCOC(=O)CN(CC)C(=O)c1cc(N)cc(C)c1F. The van der Waals surface area contributed by atoms with Crippen molar-refractivity contribution in [3.8, 4) is 0 Å². The van der Waals surface area contributed by atoms with E-state index in [4.69, 9.17) is 10.5 Å². The highest BCUT2D eigenvalue weighted by atomic mass is 19.1. The predicted octanol–water partition coefficient (Wildman–Crippen LogP) is 1.74. The van der Waals surface area contributed by atoms with Gasteiger partial charge in [-0.25, -0.2) is 4.39 Å². The Hall–Kier alpha value is -2.11. The first kappa shape index (κ1) is 15.9. The molecular formula is C14H19FN2O3. The van der Waals surface area contributed by atoms with Gasteiger partial charge in [-0.3, -0.25) is 9.59 Å². The average molecular weight is 282 g/mol. The molecule has 0 fully saturated rings. The van der Waals surface area contributed by atoms with Gasteiger partial charge in [0.25, 0.3) is 5.91 Å². The van der Waals surface area contributed by atoms with Crippen LogP contribution in [0.15, 0.2) is 12.1 Å². The molecule has 0 radical (unpaired) electrons. The summed E-state index contributed by atoms with van der Waals surface area (Å²) in [6.45, 7) is 5.20. The molecule has 0 bridgehead atoms. The summed E-state index contributed by atoms with van der Waals surface area (Å²) in [7, 11) is 0. The number of aryl methyl sites for hydroxylation is 1. The molecule has 0 spiro atoms. The lowest BCUT2D eigenvalue weighted by Crippen LogP contribution is -2.36. The van der Waals surface area contributed by atoms with Crippen LogP contribution in [0.2, 0.25) is 0 Å². The minimum Gasteiger partial charge on any atom is -0.465 e. The third-order valence-corrected chi connectivity index (χ3v) is 2.80. The van der Waals surface area contributed by atoms with Crippen molar-refractivity contribution in [2.24, 2.45) is 0 Å². The van der Waals surface area contributed by atoms with Crippen LogP contribution >= 0.6 is 0 Å². The molecule has 0 atom stereocenters. The zero-order chi connectivity index (χ0) is 15.3. The molecule has 1 amide bonds. The first-order chi connectivity index (χ1) is 9.40. The van der Waals surface area contributed by atoms with Gasteiger partial charge in [0.05, 0.1) is 12.2 Å². The summed E-state index contributed by atoms with van der Waals surface area (Å²) >= 11 is 0. The number of halogens is 1. The molecule has 110 valence electrons. The minimum atomic E-state index is -0.619. The van der Waals surface area contributed by atoms with E-state index in [9.17, 15) is 14.0 Å². The van der Waals surface area contributed by atoms with Gasteiger partial charge in [-0.2, -0.15) is 0 Å². The summed E-state index contributed by atoms with van der Waals surface area (Å²) in [4.78, 5) is 24.9. The van der Waals surface area contributed by atoms with Crippen molar-refractivity contribution in [1.29, 1.82) is 0 Å². The third-order valence-electron chi connectivity index (χ3n) is 2.80. The average Bonchev–Trinajstić information content (AvgIpc) is 2.39. The number of hydrogen-bond acceptors (Lipinski definition) is 4. The molecule has 1 aromatic rings. The van der Waals surface area contributed by atoms with Crippen LogP contribution in [-0.2, 0) is 9.53 Å². The number of ether oxygens (including phenoxy) is 1. The summed E-state index contributed by atoms with van der Waals surface area (Å²) in [6, 6.07) is 2.73. The number of carbonyl (C=O) groups is 2. The smallest absolute Gasteiger partial charge is 0.325 e. The van der Waals surface area contributed by atoms with Gasteiger partial charge in [-0.15, -0.1) is 0 Å². The molecule has 0 aliphatic rings. The predicted molar refractivity (Wildman–Crippen MR) is 73.8 cm³/mol. The summed E-state index contributed by atoms with van der Waals surface area (Å²) in [5.41, 5.74) is 6.09. The van der Waals surface area contributed by atoms with Gasteiger partial charge in [0.15, 0.2) is 0 Å². The number of benzene rings is 1. The highest BCUT2D eigenvalue weighted by molar-refractivity contribution is 5.97. The normalized spacial score (nSPS) is 10.2. The maximum Gasteiger partial charge on any atom is 0.325 e. The molecule has 0 saturated heterocycles. The zero-order valence-electron chi connectivity index (χ0n) is 11.9. The van der Waals surface area contributed by atoms with Gasteiger partial charge in [0.2, 0.25) is 0 Å². The number of nitrogens with zero attached hydrogens (tertiary/aromatic N) is 1. The van der Waals surface area contributed by atoms with Gasteiger partial charge in [0, 0.05) is 12.2 Å². The number of hydrogen-bond donors (Lipinski definition) is 1. The van der Waals surface area contributed by atoms with Gasteiger partial charge < -0.3 is 15.4 Å². The largest absolute Gasteiger partial charge is 0.465 e. The Labute approximate surface area is 117 Å². The van der Waals surface area contributed by atoms with E-state index in [1.807, 2.05) is 0 Å². The number of anilines is 1. The quantitative estimate of drug-likeness (QED) is 0.659. The zero-order valence-corrected chi connectivity index (χ0v) is 11.9. The van der Waals surface area contributed by atoms with Crippen LogP contribution in [-0.4, -0.2) is 36.5 Å². The van der Waals surface area contributed by atoms with E-state index in [0.29, 0.717) is 11.3 Å². The maximum absolute atomic E-state index is 14.0. The summed E-state index contributed by atoms with van der Waals surface area (Å²) in [5, 5.41) is 0. The Morgan fingerprint density at radius 2 is 2.00 bits per heavy atom. The molecule has 1 aromatic carbocycles. The van der Waals surface area contributed by atoms with Gasteiger partial charge >= 0.3 is 5.97 Å². The molecule has 20 heavy (non-hydrogen) atoms. The van der Waals surface area contributed by atoms with E-state index in [2.05, 4.69) is 0 Å². The van der Waals surface area contributed by atoms with Crippen LogP contribution in [0.3, 0.4) is 0 Å². The monoisotopic (exact) mass is 282 g/mol. The fourth-order valence-corrected chi connectivity index (χ4v) is 1.81. The van der Waals surface area contributed by atoms with Crippen LogP contribution in [0.5, 0.6) is 0 Å². The lowest BCUT2D eigenvalue weighted by Gasteiger charge is -2.20. The molecule has 2 N–H and O–H groups in total. The van der Waals surface area contributed by atoms with Crippen molar-refractivity contribution in [2.75, 3.05) is 25.4 Å². The second-order valence-electron chi connectivity index (χ2n) is 4.32. The van der Waals surface area contributed by atoms with Crippen molar-refractivity contribution in [2.45, 2.75) is 20.8 Å². The van der Waals surface area contributed by atoms with Crippen LogP contribution in [0.4, 0.5) is 10.1 Å². The van der Waals surface area contributed by atoms with E-state index in [0.717, 1.165) is 0 Å². The number of nitrogens with two attached hydrogens (primary N) is 1. The standard InChI is InChI=1S/C14H19FN2O3/c1-4-17(8-12(18)20-5-2)14(19)11-7-10(16)6-9(3)13(11)15/h6-7H,4-5,8,16H2,1-3H3. The maximum atomic E-state index is 14.0. The van der Waals surface area contributed by atoms with E-state index in [1.165, 1.54) is 24.0 Å². The van der Waals surface area contributed by atoms with E-state index < -0.39 is 17.7 Å². The summed E-state index contributed by atoms with van der Waals surface area (Å²) in [6.07, 6.45) is 0. The highest BCUT2D eigenvalue weighted by Gasteiger charge is 2.22. The van der Waals surface area contributed by atoms with Gasteiger partial charge in [0.1, 0.15) is 12.4 Å². The lowest BCUT2D eigenvalue weighted by molar-refractivity contribution is -0.143. The van der Waals surface area contributed by atoms with E-state index in [-0.39, 0.29) is 25.3 Å². The van der Waals surface area contributed by atoms with E-state index >= 15 is 0 Å². The topological polar surface area (TPSA) is 72.6 Å². The third kappa shape index (κ3) is 3.69. The molecule has 0 aromatic heterocycles. The Morgan fingerprint density at radius 3 is 2.55 bits per heavy atom. The van der Waals surface area contributed by atoms with Crippen LogP contribution < -0.4 is 5.73 Å². The van der Waals surface area contributed by atoms with Crippen LogP contribution in [0.1, 0.15) is 29.8 Å². The molecule has 1 rings (SSSR count). The van der Waals surface area contributed by atoms with Crippen molar-refractivity contribution in [3.05, 3.63) is 29.1 Å². The summed E-state index contributed by atoms with van der Waals surface area (Å²) < 4.78 is 18.8. The van der Waals surface area contributed by atoms with E-state index in [1.54, 1.807) is 13.8 Å². The molecule has 5 nitrogen and oxygen atoms in total. The Bertz CT molecular complexity index is 517. The first-order valence-corrected chi connectivity index (χ1v) is 6.41. The van der Waals surface area contributed by atoms with Crippen molar-refractivity contribution in [1.82, 2.24) is 4.90 Å². The molecular weight excluding hydrogens is 263 g/mol. The second kappa shape index (κ2) is 6.88. The Morgan fingerprint density at radius 1 is 1.35 bits per heavy atom. The van der Waals surface area contributed by atoms with Crippen molar-refractivity contribution in [3.63, 3.8) is 0 Å². The molecule has 0 aliphatic heterocycles. The second-order valence-corrected chi connectivity index (χ2v) is 4.32. The lowest BCUT2D eigenvalue weighted by atomic mass is 10.1. The Balaban J connectivity index is 3.00. The molecule has 0 aliphatic carbocycles. The molecule has 0 heterocycles. The molecule has 0 saturated carbocycles. The van der Waals surface area contributed by atoms with Crippen molar-refractivity contribution >= 4 is 17.6 Å². The van der Waals surface area contributed by atoms with Crippen molar-refractivity contribution < 1.29 is 18.7 Å². The van der Waals surface area contributed by atoms with Gasteiger partial charge in [-0.05, 0) is 38.5 Å². The number of nitrogen functional groups attached to an aromatic ring is 1. The number of rotatable bonds is 5. The summed E-state index contributed by atoms with van der Waals surface area (Å²) in [5.74, 6) is -1.72. The number of esters is 1. The number of likely N-dealkylation sites (N-methyl/N-ethyl adjacent to an activating group) is 1. The fraction of sp³-hybridized carbons (Fsp3) is 0.429. The molecule has 0 unspecified atom stereocenters. The van der Waals surface area contributed by atoms with Crippen LogP contribution in [0.25, 0.3) is 0 Å². The van der Waals surface area contributed by atoms with Crippen LogP contribution in [0, 0.1) is 12.7 Å².